The number of aromatic nitrogens is 1. The molecule has 0 aliphatic carbocycles. The number of halogens is 1. The van der Waals surface area contributed by atoms with Gasteiger partial charge in [-0.15, -0.1) is 0 Å². The van der Waals surface area contributed by atoms with Crippen LogP contribution in [-0.2, 0) is 14.8 Å². The first-order valence-electron chi connectivity index (χ1n) is 6.24. The Hall–Kier alpha value is -1.35. The number of esters is 1. The van der Waals surface area contributed by atoms with E-state index in [9.17, 15) is 13.2 Å². The Bertz CT molecular complexity index is 763. The Kier molecular flexibility index (Phi) is 4.72. The van der Waals surface area contributed by atoms with E-state index in [0.29, 0.717) is 3.70 Å². The summed E-state index contributed by atoms with van der Waals surface area (Å²) in [5.74, 6) is -0.656. The molecule has 21 heavy (non-hydrogen) atoms. The minimum absolute atomic E-state index is 0.00169. The maximum atomic E-state index is 12.7. The number of carbonyl (C=O) groups excluding carboxylic acids is 1. The van der Waals surface area contributed by atoms with Gasteiger partial charge in [0.25, 0.3) is 10.0 Å². The number of nitrogens with zero attached hydrogens (tertiary/aromatic N) is 1. The summed E-state index contributed by atoms with van der Waals surface area (Å²) in [7, 11) is -3.83. The number of aryl methyl sites for hydroxylation is 1. The lowest BCUT2D eigenvalue weighted by Crippen LogP contribution is -2.21. The van der Waals surface area contributed by atoms with E-state index in [1.165, 1.54) is 18.2 Å². The van der Waals surface area contributed by atoms with Crippen molar-refractivity contribution in [2.24, 2.45) is 0 Å². The van der Waals surface area contributed by atoms with Crippen molar-refractivity contribution in [3.8, 4) is 0 Å². The number of ether oxygens (including phenoxy) is 1. The fraction of sp³-hybridized carbons (Fsp3) is 0.214. The summed E-state index contributed by atoms with van der Waals surface area (Å²) in [5.41, 5.74) is 0.962. The van der Waals surface area contributed by atoms with Crippen molar-refractivity contribution in [3.63, 3.8) is 0 Å². The lowest BCUT2D eigenvalue weighted by Gasteiger charge is -2.11. The summed E-state index contributed by atoms with van der Waals surface area (Å²) in [5, 5.41) is 0. The van der Waals surface area contributed by atoms with E-state index >= 15 is 0 Å². The highest BCUT2D eigenvalue weighted by Crippen LogP contribution is 2.22. The summed E-state index contributed by atoms with van der Waals surface area (Å²) in [6.07, 6.45) is 0. The smallest absolute Gasteiger partial charge is 0.356 e. The van der Waals surface area contributed by atoms with Crippen LogP contribution in [0.2, 0.25) is 0 Å². The van der Waals surface area contributed by atoms with E-state index in [-0.39, 0.29) is 17.2 Å². The molecule has 0 saturated heterocycles. The molecule has 0 atom stereocenters. The highest BCUT2D eigenvalue weighted by Gasteiger charge is 2.26. The second kappa shape index (κ2) is 6.18. The highest BCUT2D eigenvalue weighted by atomic mass is 127. The first-order valence-corrected chi connectivity index (χ1v) is 8.76. The average molecular weight is 419 g/mol. The second-order valence-electron chi connectivity index (χ2n) is 4.34. The fourth-order valence-electron chi connectivity index (χ4n) is 1.81. The molecule has 1 aromatic heterocycles. The Balaban J connectivity index is 2.57. The van der Waals surface area contributed by atoms with E-state index in [4.69, 9.17) is 4.74 Å². The molecule has 0 aliphatic rings. The molecule has 5 nitrogen and oxygen atoms in total. The van der Waals surface area contributed by atoms with Crippen LogP contribution in [0.25, 0.3) is 0 Å². The number of carbonyl (C=O) groups is 1. The van der Waals surface area contributed by atoms with Crippen molar-refractivity contribution in [1.82, 2.24) is 3.97 Å². The Morgan fingerprint density at radius 2 is 1.81 bits per heavy atom. The minimum Gasteiger partial charge on any atom is -0.461 e. The standard InChI is InChI=1S/C14H14INO4S/c1-3-20-14(17)12-8-9-13(15)16(12)21(18,19)11-6-4-10(2)5-7-11/h4-9H,3H2,1-2H3. The van der Waals surface area contributed by atoms with Crippen LogP contribution in [0.5, 0.6) is 0 Å². The summed E-state index contributed by atoms with van der Waals surface area (Å²) >= 11 is 1.88. The van der Waals surface area contributed by atoms with E-state index in [2.05, 4.69) is 0 Å². The van der Waals surface area contributed by atoms with Gasteiger partial charge in [0, 0.05) is 0 Å². The third-order valence-electron chi connectivity index (χ3n) is 2.84. The van der Waals surface area contributed by atoms with Crippen LogP contribution in [-0.4, -0.2) is 25.0 Å². The SMILES string of the molecule is CCOC(=O)c1ccc(I)n1S(=O)(=O)c1ccc(C)cc1. The van der Waals surface area contributed by atoms with Crippen LogP contribution in [0, 0.1) is 10.6 Å². The van der Waals surface area contributed by atoms with Gasteiger partial charge in [0.05, 0.1) is 15.2 Å². The minimum atomic E-state index is -3.83. The molecule has 7 heteroatoms. The zero-order valence-corrected chi connectivity index (χ0v) is 14.5. The molecule has 1 heterocycles. The van der Waals surface area contributed by atoms with Gasteiger partial charge in [0.2, 0.25) is 0 Å². The molecule has 2 aromatic rings. The Morgan fingerprint density at radius 1 is 1.19 bits per heavy atom. The molecule has 0 amide bonds. The molecule has 0 fully saturated rings. The zero-order chi connectivity index (χ0) is 15.6. The third kappa shape index (κ3) is 3.13. The third-order valence-corrected chi connectivity index (χ3v) is 5.75. The molecule has 0 bridgehead atoms. The molecule has 2 rings (SSSR count). The first kappa shape index (κ1) is 16.0. The van der Waals surface area contributed by atoms with Crippen molar-refractivity contribution in [2.45, 2.75) is 18.7 Å². The molecule has 112 valence electrons. The number of rotatable bonds is 4. The molecule has 1 aromatic carbocycles. The maximum absolute atomic E-state index is 12.7. The second-order valence-corrected chi connectivity index (χ2v) is 7.24. The molecule has 0 saturated carbocycles. The van der Waals surface area contributed by atoms with Crippen molar-refractivity contribution >= 4 is 38.6 Å². The van der Waals surface area contributed by atoms with Crippen molar-refractivity contribution in [3.05, 3.63) is 51.4 Å². The van der Waals surface area contributed by atoms with Gasteiger partial charge in [-0.3, -0.25) is 0 Å². The first-order chi connectivity index (χ1) is 9.87. The van der Waals surface area contributed by atoms with Gasteiger partial charge in [-0.25, -0.2) is 17.2 Å². The molecule has 0 unspecified atom stereocenters. The van der Waals surface area contributed by atoms with Crippen molar-refractivity contribution in [1.29, 1.82) is 0 Å². The predicted molar refractivity (Wildman–Crippen MR) is 86.9 cm³/mol. The average Bonchev–Trinajstić information content (AvgIpc) is 2.82. The van der Waals surface area contributed by atoms with Crippen LogP contribution in [0.1, 0.15) is 23.0 Å². The Labute approximate surface area is 137 Å². The van der Waals surface area contributed by atoms with Crippen LogP contribution >= 0.6 is 22.6 Å². The monoisotopic (exact) mass is 419 g/mol. The van der Waals surface area contributed by atoms with Gasteiger partial charge in [-0.05, 0) is 60.7 Å². The maximum Gasteiger partial charge on any atom is 0.356 e. The van der Waals surface area contributed by atoms with E-state index < -0.39 is 16.0 Å². The zero-order valence-electron chi connectivity index (χ0n) is 11.5. The summed E-state index contributed by atoms with van der Waals surface area (Å²) in [4.78, 5) is 12.0. The highest BCUT2D eigenvalue weighted by molar-refractivity contribution is 14.1. The number of hydrogen-bond acceptors (Lipinski definition) is 4. The van der Waals surface area contributed by atoms with E-state index in [1.807, 2.05) is 29.5 Å². The van der Waals surface area contributed by atoms with Crippen LogP contribution in [0.15, 0.2) is 41.3 Å². The Morgan fingerprint density at radius 3 is 2.38 bits per heavy atom. The van der Waals surface area contributed by atoms with Gasteiger partial charge in [0.15, 0.2) is 0 Å². The molecule has 0 N–H and O–H groups in total. The van der Waals surface area contributed by atoms with E-state index in [0.717, 1.165) is 9.54 Å². The normalized spacial score (nSPS) is 11.4. The number of benzene rings is 1. The molecule has 0 aliphatic heterocycles. The molecular weight excluding hydrogens is 405 g/mol. The van der Waals surface area contributed by atoms with Crippen molar-refractivity contribution < 1.29 is 17.9 Å². The largest absolute Gasteiger partial charge is 0.461 e. The fourth-order valence-corrected chi connectivity index (χ4v) is 4.41. The molecule has 0 spiro atoms. The quantitative estimate of drug-likeness (QED) is 0.565. The van der Waals surface area contributed by atoms with Crippen LogP contribution < -0.4 is 0 Å². The predicted octanol–water partition coefficient (Wildman–Crippen LogP) is 2.81. The van der Waals surface area contributed by atoms with Crippen LogP contribution in [0.3, 0.4) is 0 Å². The van der Waals surface area contributed by atoms with Gasteiger partial charge in [-0.2, -0.15) is 0 Å². The van der Waals surface area contributed by atoms with Crippen molar-refractivity contribution in [2.75, 3.05) is 6.61 Å². The summed E-state index contributed by atoms with van der Waals surface area (Å²) < 4.78 is 31.8. The summed E-state index contributed by atoms with van der Waals surface area (Å²) in [6, 6.07) is 9.50. The van der Waals surface area contributed by atoms with Gasteiger partial charge in [0.1, 0.15) is 5.69 Å². The number of hydrogen-bond donors (Lipinski definition) is 0. The summed E-state index contributed by atoms with van der Waals surface area (Å²) in [6.45, 7) is 3.73. The van der Waals surface area contributed by atoms with Crippen LogP contribution in [0.4, 0.5) is 0 Å². The van der Waals surface area contributed by atoms with Gasteiger partial charge < -0.3 is 4.74 Å². The topological polar surface area (TPSA) is 65.4 Å². The molecular formula is C14H14INO4S. The van der Waals surface area contributed by atoms with E-state index in [1.54, 1.807) is 25.1 Å². The molecule has 0 radical (unpaired) electrons. The van der Waals surface area contributed by atoms with Gasteiger partial charge >= 0.3 is 5.97 Å². The lowest BCUT2D eigenvalue weighted by atomic mass is 10.2. The van der Waals surface area contributed by atoms with Gasteiger partial charge in [-0.1, -0.05) is 17.7 Å². The lowest BCUT2D eigenvalue weighted by molar-refractivity contribution is 0.0518.